The highest BCUT2D eigenvalue weighted by Gasteiger charge is 2.23. The Morgan fingerprint density at radius 1 is 1.13 bits per heavy atom. The molecule has 0 saturated heterocycles. The highest BCUT2D eigenvalue weighted by molar-refractivity contribution is 6.39. The van der Waals surface area contributed by atoms with Gasteiger partial charge in [0, 0.05) is 23.3 Å². The number of hydrogen-bond donors (Lipinski definition) is 1. The Kier molecular flexibility index (Phi) is 1.55. The van der Waals surface area contributed by atoms with Crippen molar-refractivity contribution in [1.82, 2.24) is 0 Å². The molecule has 0 fully saturated rings. The molecule has 0 spiro atoms. The van der Waals surface area contributed by atoms with Crippen LogP contribution in [0.25, 0.3) is 5.57 Å². The molecule has 1 N–H and O–H groups in total. The number of benzene rings is 1. The molecular weight excluding hydrogens is 186 g/mol. The van der Waals surface area contributed by atoms with Crippen molar-refractivity contribution in [1.29, 1.82) is 5.53 Å². The maximum Gasteiger partial charge on any atom is 0.365 e. The van der Waals surface area contributed by atoms with Gasteiger partial charge in [-0.1, -0.05) is 18.2 Å². The van der Waals surface area contributed by atoms with E-state index in [1.807, 2.05) is 36.4 Å². The van der Waals surface area contributed by atoms with Crippen LogP contribution in [0.5, 0.6) is 0 Å². The molecule has 15 heavy (non-hydrogen) atoms. The lowest BCUT2D eigenvalue weighted by Crippen LogP contribution is -2.04. The van der Waals surface area contributed by atoms with E-state index in [-0.39, 0.29) is 0 Å². The van der Waals surface area contributed by atoms with Gasteiger partial charge in [0.15, 0.2) is 0 Å². The van der Waals surface area contributed by atoms with E-state index in [9.17, 15) is 0 Å². The van der Waals surface area contributed by atoms with Crippen LogP contribution in [0.2, 0.25) is 0 Å². The predicted octanol–water partition coefficient (Wildman–Crippen LogP) is 2.41. The van der Waals surface area contributed by atoms with Gasteiger partial charge in [-0.2, -0.15) is 0 Å². The molecular formula is C12H8N3+. The molecule has 70 valence electrons. The first-order chi connectivity index (χ1) is 7.38. The molecule has 1 aliphatic heterocycles. The molecule has 1 aromatic carbocycles. The molecule has 0 radical (unpaired) electrons. The van der Waals surface area contributed by atoms with Gasteiger partial charge >= 0.3 is 5.71 Å². The van der Waals surface area contributed by atoms with Crippen LogP contribution in [-0.4, -0.2) is 16.2 Å². The zero-order valence-corrected chi connectivity index (χ0v) is 7.94. The molecule has 2 aliphatic rings. The quantitative estimate of drug-likeness (QED) is 0.374. The molecule has 1 aliphatic carbocycles. The van der Waals surface area contributed by atoms with E-state index in [1.54, 1.807) is 6.08 Å². The summed E-state index contributed by atoms with van der Waals surface area (Å²) in [7, 11) is 0. The second kappa shape index (κ2) is 2.87. The molecule has 3 nitrogen and oxygen atoms in total. The average molecular weight is 194 g/mol. The Morgan fingerprint density at radius 3 is 2.87 bits per heavy atom. The first-order valence-corrected chi connectivity index (χ1v) is 4.71. The maximum atomic E-state index is 6.98. The lowest BCUT2D eigenvalue weighted by molar-refractivity contribution is -0.116. The van der Waals surface area contributed by atoms with Gasteiger partial charge in [0.05, 0.1) is 21.7 Å². The topological polar surface area (TPSA) is 50.3 Å². The fourth-order valence-corrected chi connectivity index (χ4v) is 1.84. The summed E-state index contributed by atoms with van der Waals surface area (Å²) in [4.78, 5) is 7.92. The highest BCUT2D eigenvalue weighted by atomic mass is 14.9. The van der Waals surface area contributed by atoms with Gasteiger partial charge in [-0.15, -0.1) is 0 Å². The van der Waals surface area contributed by atoms with Crippen LogP contribution in [0.15, 0.2) is 47.5 Å². The molecule has 1 heterocycles. The minimum Gasteiger partial charge on any atom is -0.248 e. The number of fused-ring (bicyclic) bond motifs is 3. The van der Waals surface area contributed by atoms with E-state index < -0.39 is 0 Å². The Hall–Kier alpha value is -2.25. The van der Waals surface area contributed by atoms with Crippen LogP contribution in [0, 0.1) is 5.53 Å². The minimum atomic E-state index is 0.667. The van der Waals surface area contributed by atoms with Crippen molar-refractivity contribution < 1.29 is 4.79 Å². The molecule has 0 unspecified atom stereocenters. The number of hydrogen-bond acceptors (Lipinski definition) is 2. The summed E-state index contributed by atoms with van der Waals surface area (Å²) >= 11 is 0. The number of rotatable bonds is 0. The maximum absolute atomic E-state index is 6.98. The number of nitrogens with one attached hydrogen (secondary N) is 1. The third kappa shape index (κ3) is 1.11. The van der Waals surface area contributed by atoms with Gasteiger partial charge in [-0.25, -0.2) is 4.99 Å². The van der Waals surface area contributed by atoms with E-state index >= 15 is 0 Å². The van der Waals surface area contributed by atoms with Crippen LogP contribution in [0.1, 0.15) is 5.56 Å². The average Bonchev–Trinajstić information content (AvgIpc) is 2.66. The molecule has 0 bridgehead atoms. The Morgan fingerprint density at radius 2 is 2.00 bits per heavy atom. The molecule has 0 aromatic heterocycles. The summed E-state index contributed by atoms with van der Waals surface area (Å²) in [5.74, 6) is 0. The van der Waals surface area contributed by atoms with Crippen molar-refractivity contribution in [2.24, 2.45) is 4.99 Å². The SMILES string of the molecule is N=[N+]=C1C=CC2=Nc3ccccc3C2=C1. The predicted molar refractivity (Wildman–Crippen MR) is 58.6 cm³/mol. The lowest BCUT2D eigenvalue weighted by atomic mass is 9.97. The monoisotopic (exact) mass is 194 g/mol. The third-order valence-corrected chi connectivity index (χ3v) is 2.54. The van der Waals surface area contributed by atoms with Crippen LogP contribution in [0.3, 0.4) is 0 Å². The normalized spacial score (nSPS) is 16.4. The van der Waals surface area contributed by atoms with Crippen molar-refractivity contribution >= 4 is 22.7 Å². The summed E-state index contributed by atoms with van der Waals surface area (Å²) < 4.78 is 0. The van der Waals surface area contributed by atoms with Crippen LogP contribution in [0.4, 0.5) is 5.69 Å². The van der Waals surface area contributed by atoms with Gasteiger partial charge in [0.2, 0.25) is 0 Å². The zero-order valence-electron chi connectivity index (χ0n) is 7.94. The second-order valence-corrected chi connectivity index (χ2v) is 3.44. The largest absolute Gasteiger partial charge is 0.365 e. The van der Waals surface area contributed by atoms with Gasteiger partial charge in [0.1, 0.15) is 0 Å². The van der Waals surface area contributed by atoms with E-state index in [0.717, 1.165) is 22.5 Å². The first kappa shape index (κ1) is 8.09. The van der Waals surface area contributed by atoms with Gasteiger partial charge < -0.3 is 0 Å². The minimum absolute atomic E-state index is 0.667. The summed E-state index contributed by atoms with van der Waals surface area (Å²) in [6, 6.07) is 8.00. The van der Waals surface area contributed by atoms with Crippen LogP contribution >= 0.6 is 0 Å². The molecule has 0 atom stereocenters. The van der Waals surface area contributed by atoms with Crippen LogP contribution in [-0.2, 0) is 0 Å². The third-order valence-electron chi connectivity index (χ3n) is 2.54. The number of nitrogens with zero attached hydrogens (tertiary/aromatic N) is 2. The summed E-state index contributed by atoms with van der Waals surface area (Å²) in [5.41, 5.74) is 11.8. The van der Waals surface area contributed by atoms with Crippen LogP contribution < -0.4 is 0 Å². The fourth-order valence-electron chi connectivity index (χ4n) is 1.84. The molecule has 3 heteroatoms. The van der Waals surface area contributed by atoms with Crippen molar-refractivity contribution in [3.63, 3.8) is 0 Å². The van der Waals surface area contributed by atoms with E-state index in [4.69, 9.17) is 5.53 Å². The lowest BCUT2D eigenvalue weighted by Gasteiger charge is -2.01. The van der Waals surface area contributed by atoms with Crippen molar-refractivity contribution in [2.45, 2.75) is 0 Å². The molecule has 1 aromatic rings. The van der Waals surface area contributed by atoms with E-state index in [1.165, 1.54) is 0 Å². The Bertz CT molecular complexity index is 585. The van der Waals surface area contributed by atoms with Gasteiger partial charge in [-0.05, 0) is 12.1 Å². The summed E-state index contributed by atoms with van der Waals surface area (Å²) in [6.45, 7) is 0. The number of aliphatic imine (C=N–C) groups is 1. The Labute approximate surface area is 86.7 Å². The van der Waals surface area contributed by atoms with E-state index in [2.05, 4.69) is 9.78 Å². The zero-order chi connectivity index (χ0) is 10.3. The van der Waals surface area contributed by atoms with Crippen molar-refractivity contribution in [3.05, 3.63) is 48.1 Å². The fraction of sp³-hybridized carbons (Fsp3) is 0. The number of allylic oxidation sites excluding steroid dienone is 4. The highest BCUT2D eigenvalue weighted by Crippen LogP contribution is 2.35. The summed E-state index contributed by atoms with van der Waals surface area (Å²) in [5, 5.41) is 0. The Balaban J connectivity index is 2.26. The van der Waals surface area contributed by atoms with Crippen molar-refractivity contribution in [2.75, 3.05) is 0 Å². The van der Waals surface area contributed by atoms with Gasteiger partial charge in [-0.3, -0.25) is 0 Å². The second-order valence-electron chi connectivity index (χ2n) is 3.44. The van der Waals surface area contributed by atoms with Gasteiger partial charge in [0.25, 0.3) is 0 Å². The molecule has 3 rings (SSSR count). The molecule has 0 amide bonds. The standard InChI is InChI=1S/C12H8N3/c13-15-8-5-6-12-10(7-8)9-3-1-2-4-11(9)14-12/h1-7,13H/q+1. The summed E-state index contributed by atoms with van der Waals surface area (Å²) in [6.07, 6.45) is 5.61. The van der Waals surface area contributed by atoms with E-state index in [0.29, 0.717) is 5.71 Å². The smallest absolute Gasteiger partial charge is 0.248 e. The van der Waals surface area contributed by atoms with Crippen molar-refractivity contribution in [3.8, 4) is 0 Å². The molecule has 0 saturated carbocycles. The first-order valence-electron chi connectivity index (χ1n) is 4.71. The number of para-hydroxylation sites is 1.